The zero-order valence-corrected chi connectivity index (χ0v) is 21.4. The summed E-state index contributed by atoms with van der Waals surface area (Å²) in [5.74, 6) is 7.59. The van der Waals surface area contributed by atoms with E-state index in [-0.39, 0.29) is 6.10 Å². The van der Waals surface area contributed by atoms with Crippen LogP contribution in [0.1, 0.15) is 126 Å². The molecule has 1 atom stereocenters. The van der Waals surface area contributed by atoms with Crippen molar-refractivity contribution < 1.29 is 4.74 Å². The Morgan fingerprint density at radius 1 is 0.875 bits per heavy atom. The van der Waals surface area contributed by atoms with Crippen molar-refractivity contribution in [2.45, 2.75) is 130 Å². The SMILES string of the molecule is C#CC(CCCCC)Oc1ccc(C2CCC(C3CCC(CCC)CC3)CC2)c(C)c1C. The van der Waals surface area contributed by atoms with Crippen molar-refractivity contribution in [1.82, 2.24) is 0 Å². The van der Waals surface area contributed by atoms with Crippen molar-refractivity contribution in [3.05, 3.63) is 28.8 Å². The van der Waals surface area contributed by atoms with Crippen LogP contribution in [-0.4, -0.2) is 6.10 Å². The van der Waals surface area contributed by atoms with E-state index in [4.69, 9.17) is 11.2 Å². The molecule has 178 valence electrons. The molecule has 0 radical (unpaired) electrons. The number of hydrogen-bond donors (Lipinski definition) is 0. The quantitative estimate of drug-likeness (QED) is 0.262. The van der Waals surface area contributed by atoms with E-state index in [0.29, 0.717) is 0 Å². The van der Waals surface area contributed by atoms with Crippen molar-refractivity contribution in [2.75, 3.05) is 0 Å². The van der Waals surface area contributed by atoms with Crippen molar-refractivity contribution in [1.29, 1.82) is 0 Å². The van der Waals surface area contributed by atoms with Gasteiger partial charge in [-0.15, -0.1) is 6.42 Å². The Morgan fingerprint density at radius 3 is 2.12 bits per heavy atom. The highest BCUT2D eigenvalue weighted by molar-refractivity contribution is 5.45. The van der Waals surface area contributed by atoms with Crippen LogP contribution in [-0.2, 0) is 0 Å². The van der Waals surface area contributed by atoms with Crippen LogP contribution in [0.3, 0.4) is 0 Å². The minimum atomic E-state index is -0.103. The van der Waals surface area contributed by atoms with Crippen LogP contribution in [0.15, 0.2) is 12.1 Å². The Labute approximate surface area is 199 Å². The average molecular weight is 437 g/mol. The molecule has 32 heavy (non-hydrogen) atoms. The Balaban J connectivity index is 1.54. The molecule has 3 rings (SSSR count). The molecule has 0 amide bonds. The fourth-order valence-corrected chi connectivity index (χ4v) is 6.55. The Hall–Kier alpha value is -1.42. The molecule has 0 aliphatic heterocycles. The standard InChI is InChI=1S/C31H48O/c1-6-9-10-12-29(8-3)32-31-22-21-30(23(4)24(31)5)28-19-17-27(18-20-28)26-15-13-25(11-7-2)14-16-26/h3,21-22,25-29H,6-7,9-20H2,1-2,4-5H3. The molecule has 2 saturated carbocycles. The summed E-state index contributed by atoms with van der Waals surface area (Å²) in [6, 6.07) is 4.54. The molecule has 2 fully saturated rings. The van der Waals surface area contributed by atoms with Crippen LogP contribution in [0.25, 0.3) is 0 Å². The Kier molecular flexibility index (Phi) is 10.0. The second kappa shape index (κ2) is 12.7. The molecule has 1 unspecified atom stereocenters. The van der Waals surface area contributed by atoms with Crippen molar-refractivity contribution >= 4 is 0 Å². The lowest BCUT2D eigenvalue weighted by Gasteiger charge is -2.38. The highest BCUT2D eigenvalue weighted by Crippen LogP contribution is 2.45. The number of ether oxygens (including phenoxy) is 1. The summed E-state index contributed by atoms with van der Waals surface area (Å²) < 4.78 is 6.25. The molecule has 0 N–H and O–H groups in total. The number of terminal acetylenes is 1. The van der Waals surface area contributed by atoms with Crippen LogP contribution in [0.2, 0.25) is 0 Å². The van der Waals surface area contributed by atoms with Crippen molar-refractivity contribution in [2.24, 2.45) is 17.8 Å². The van der Waals surface area contributed by atoms with Gasteiger partial charge in [-0.2, -0.15) is 0 Å². The lowest BCUT2D eigenvalue weighted by molar-refractivity contribution is 0.156. The monoisotopic (exact) mass is 436 g/mol. The minimum absolute atomic E-state index is 0.103. The zero-order chi connectivity index (χ0) is 22.9. The predicted molar refractivity (Wildman–Crippen MR) is 138 cm³/mol. The van der Waals surface area contributed by atoms with E-state index in [0.717, 1.165) is 42.3 Å². The van der Waals surface area contributed by atoms with Gasteiger partial charge in [0.15, 0.2) is 6.10 Å². The maximum absolute atomic E-state index is 6.25. The van der Waals surface area contributed by atoms with E-state index >= 15 is 0 Å². The molecular weight excluding hydrogens is 388 g/mol. The average Bonchev–Trinajstić information content (AvgIpc) is 2.82. The van der Waals surface area contributed by atoms with E-state index in [9.17, 15) is 0 Å². The summed E-state index contributed by atoms with van der Waals surface area (Å²) in [5, 5.41) is 0. The molecule has 1 nitrogen and oxygen atoms in total. The van der Waals surface area contributed by atoms with Gasteiger partial charge >= 0.3 is 0 Å². The van der Waals surface area contributed by atoms with E-state index < -0.39 is 0 Å². The second-order valence-electron chi connectivity index (χ2n) is 10.9. The molecule has 0 bridgehead atoms. The van der Waals surface area contributed by atoms with Gasteiger partial charge in [0.2, 0.25) is 0 Å². The molecular formula is C31H48O. The van der Waals surface area contributed by atoms with Crippen LogP contribution in [0.5, 0.6) is 5.75 Å². The highest BCUT2D eigenvalue weighted by Gasteiger charge is 2.31. The maximum atomic E-state index is 6.25. The summed E-state index contributed by atoms with van der Waals surface area (Å²) >= 11 is 0. The van der Waals surface area contributed by atoms with E-state index in [1.54, 1.807) is 5.56 Å². The van der Waals surface area contributed by atoms with Gasteiger partial charge in [-0.25, -0.2) is 0 Å². The Morgan fingerprint density at radius 2 is 1.53 bits per heavy atom. The van der Waals surface area contributed by atoms with Gasteiger partial charge in [-0.1, -0.05) is 64.4 Å². The largest absolute Gasteiger partial charge is 0.477 e. The molecule has 1 aromatic rings. The maximum Gasteiger partial charge on any atom is 0.158 e. The van der Waals surface area contributed by atoms with Crippen LogP contribution >= 0.6 is 0 Å². The first kappa shape index (κ1) is 25.2. The third kappa shape index (κ3) is 6.56. The number of benzene rings is 1. The van der Waals surface area contributed by atoms with E-state index in [1.165, 1.54) is 88.2 Å². The van der Waals surface area contributed by atoms with Crippen molar-refractivity contribution in [3.63, 3.8) is 0 Å². The van der Waals surface area contributed by atoms with Crippen molar-refractivity contribution in [3.8, 4) is 18.1 Å². The van der Waals surface area contributed by atoms with Gasteiger partial charge < -0.3 is 4.74 Å². The molecule has 0 spiro atoms. The number of unbranched alkanes of at least 4 members (excludes halogenated alkanes) is 2. The molecule has 0 heterocycles. The van der Waals surface area contributed by atoms with Crippen LogP contribution in [0.4, 0.5) is 0 Å². The first-order valence-corrected chi connectivity index (χ1v) is 13.8. The van der Waals surface area contributed by atoms with Gasteiger partial charge in [0, 0.05) is 0 Å². The zero-order valence-electron chi connectivity index (χ0n) is 21.4. The number of hydrogen-bond acceptors (Lipinski definition) is 1. The van der Waals surface area contributed by atoms with Gasteiger partial charge in [0.1, 0.15) is 5.75 Å². The van der Waals surface area contributed by atoms with Crippen LogP contribution in [0, 0.1) is 43.9 Å². The molecule has 0 aromatic heterocycles. The van der Waals surface area contributed by atoms with Gasteiger partial charge in [0.05, 0.1) is 0 Å². The molecule has 1 aromatic carbocycles. The molecule has 2 aliphatic carbocycles. The lowest BCUT2D eigenvalue weighted by atomic mass is 9.67. The molecule has 1 heteroatoms. The fraction of sp³-hybridized carbons (Fsp3) is 0.742. The summed E-state index contributed by atoms with van der Waals surface area (Å²) in [4.78, 5) is 0. The number of rotatable bonds is 10. The molecule has 2 aliphatic rings. The summed E-state index contributed by atoms with van der Waals surface area (Å²) in [7, 11) is 0. The van der Waals surface area contributed by atoms with Crippen LogP contribution < -0.4 is 4.74 Å². The predicted octanol–water partition coefficient (Wildman–Crippen LogP) is 9.14. The third-order valence-electron chi connectivity index (χ3n) is 8.77. The first-order chi connectivity index (χ1) is 15.6. The minimum Gasteiger partial charge on any atom is -0.477 e. The van der Waals surface area contributed by atoms with E-state index in [2.05, 4.69) is 45.7 Å². The van der Waals surface area contributed by atoms with Gasteiger partial charge in [-0.05, 0) is 112 Å². The lowest BCUT2D eigenvalue weighted by Crippen LogP contribution is -2.25. The first-order valence-electron chi connectivity index (χ1n) is 13.8. The second-order valence-corrected chi connectivity index (χ2v) is 10.9. The Bertz CT molecular complexity index is 726. The smallest absolute Gasteiger partial charge is 0.158 e. The van der Waals surface area contributed by atoms with Gasteiger partial charge in [-0.3, -0.25) is 0 Å². The fourth-order valence-electron chi connectivity index (χ4n) is 6.55. The summed E-state index contributed by atoms with van der Waals surface area (Å²) in [6.07, 6.45) is 24.6. The normalized spacial score (nSPS) is 27.0. The van der Waals surface area contributed by atoms with E-state index in [1.807, 2.05) is 0 Å². The van der Waals surface area contributed by atoms with Gasteiger partial charge in [0.25, 0.3) is 0 Å². The molecule has 0 saturated heterocycles. The summed E-state index contributed by atoms with van der Waals surface area (Å²) in [6.45, 7) is 9.08. The topological polar surface area (TPSA) is 9.23 Å². The highest BCUT2D eigenvalue weighted by atomic mass is 16.5. The third-order valence-corrected chi connectivity index (χ3v) is 8.77. The summed E-state index contributed by atoms with van der Waals surface area (Å²) in [5.41, 5.74) is 4.27.